The van der Waals surface area contributed by atoms with Crippen molar-refractivity contribution >= 4 is 0 Å². The fraction of sp³-hybridized carbons (Fsp3) is 0.429. The molecule has 5 heteroatoms. The molecule has 3 aromatic rings. The van der Waals surface area contributed by atoms with E-state index in [2.05, 4.69) is 19.1 Å². The Labute approximate surface area is 236 Å². The Morgan fingerprint density at radius 3 is 1.88 bits per heavy atom. The van der Waals surface area contributed by atoms with Crippen LogP contribution >= 0.6 is 0 Å². The van der Waals surface area contributed by atoms with Gasteiger partial charge in [0.1, 0.15) is 0 Å². The van der Waals surface area contributed by atoms with Crippen molar-refractivity contribution < 1.29 is 22.3 Å². The first kappa shape index (κ1) is 29.9. The second-order valence-electron chi connectivity index (χ2n) is 10.9. The Kier molecular flexibility index (Phi) is 10.9. The van der Waals surface area contributed by atoms with Crippen molar-refractivity contribution in [1.29, 1.82) is 0 Å². The summed E-state index contributed by atoms with van der Waals surface area (Å²) < 4.78 is 65.5. The lowest BCUT2D eigenvalue weighted by atomic mass is 9.78. The lowest BCUT2D eigenvalue weighted by molar-refractivity contribution is 0.285. The topological polar surface area (TPSA) is 9.23 Å². The van der Waals surface area contributed by atoms with Crippen LogP contribution in [0.25, 0.3) is 22.3 Å². The maximum atomic E-state index is 15.2. The van der Waals surface area contributed by atoms with Gasteiger partial charge in [-0.1, -0.05) is 87.6 Å². The summed E-state index contributed by atoms with van der Waals surface area (Å²) in [6.07, 6.45) is 14.3. The lowest BCUT2D eigenvalue weighted by Gasteiger charge is -2.27. The normalized spacial score (nSPS) is 17.4. The van der Waals surface area contributed by atoms with Gasteiger partial charge in [-0.25, -0.2) is 13.2 Å². The molecule has 0 radical (unpaired) electrons. The largest absolute Gasteiger partial charge is 0.490 e. The second kappa shape index (κ2) is 14.5. The van der Waals surface area contributed by atoms with Gasteiger partial charge < -0.3 is 4.74 Å². The fourth-order valence-electron chi connectivity index (χ4n) is 5.76. The lowest BCUT2D eigenvalue weighted by Crippen LogP contribution is -2.13. The van der Waals surface area contributed by atoms with Crippen LogP contribution in [0.2, 0.25) is 0 Å². The Balaban J connectivity index is 1.42. The number of hydrogen-bond donors (Lipinski definition) is 0. The molecule has 0 amide bonds. The first-order valence-corrected chi connectivity index (χ1v) is 14.8. The molecule has 1 fully saturated rings. The van der Waals surface area contributed by atoms with Gasteiger partial charge >= 0.3 is 0 Å². The van der Waals surface area contributed by atoms with Crippen LogP contribution in [0.15, 0.2) is 60.7 Å². The Morgan fingerprint density at radius 1 is 0.675 bits per heavy atom. The van der Waals surface area contributed by atoms with Gasteiger partial charge in [-0.15, -0.1) is 0 Å². The van der Waals surface area contributed by atoms with Gasteiger partial charge in [-0.05, 0) is 79.7 Å². The number of halogens is 4. The van der Waals surface area contributed by atoms with Crippen molar-refractivity contribution in [3.05, 3.63) is 89.5 Å². The molecule has 0 aliphatic heterocycles. The van der Waals surface area contributed by atoms with Gasteiger partial charge in [0, 0.05) is 11.1 Å². The third-order valence-corrected chi connectivity index (χ3v) is 8.10. The molecule has 0 aromatic heterocycles. The maximum Gasteiger partial charge on any atom is 0.201 e. The van der Waals surface area contributed by atoms with Gasteiger partial charge in [0.2, 0.25) is 5.82 Å². The van der Waals surface area contributed by atoms with Gasteiger partial charge in [0.25, 0.3) is 0 Å². The van der Waals surface area contributed by atoms with E-state index < -0.39 is 23.3 Å². The second-order valence-corrected chi connectivity index (χ2v) is 10.9. The third-order valence-electron chi connectivity index (χ3n) is 8.10. The summed E-state index contributed by atoms with van der Waals surface area (Å²) >= 11 is 0. The molecule has 1 saturated carbocycles. The van der Waals surface area contributed by atoms with Crippen molar-refractivity contribution in [1.82, 2.24) is 0 Å². The van der Waals surface area contributed by atoms with E-state index in [0.29, 0.717) is 29.2 Å². The van der Waals surface area contributed by atoms with E-state index in [9.17, 15) is 8.78 Å². The number of hydrogen-bond acceptors (Lipinski definition) is 1. The Morgan fingerprint density at radius 2 is 1.25 bits per heavy atom. The monoisotopic (exact) mass is 552 g/mol. The zero-order valence-electron chi connectivity index (χ0n) is 23.6. The zero-order chi connectivity index (χ0) is 28.5. The van der Waals surface area contributed by atoms with E-state index in [-0.39, 0.29) is 22.8 Å². The van der Waals surface area contributed by atoms with Crippen LogP contribution in [0.3, 0.4) is 0 Å². The van der Waals surface area contributed by atoms with Crippen LogP contribution < -0.4 is 4.74 Å². The quantitative estimate of drug-likeness (QED) is 0.123. The summed E-state index contributed by atoms with van der Waals surface area (Å²) in [6, 6.07) is 12.7. The highest BCUT2D eigenvalue weighted by atomic mass is 19.2. The average molecular weight is 553 g/mol. The van der Waals surface area contributed by atoms with E-state index in [1.165, 1.54) is 31.4 Å². The minimum atomic E-state index is -1.02. The number of allylic oxidation sites excluding steroid dienone is 2. The van der Waals surface area contributed by atoms with Crippen molar-refractivity contribution in [3.63, 3.8) is 0 Å². The summed E-state index contributed by atoms with van der Waals surface area (Å²) in [5, 5.41) is 0. The summed E-state index contributed by atoms with van der Waals surface area (Å²) in [7, 11) is 0. The van der Waals surface area contributed by atoms with Crippen LogP contribution in [0.1, 0.15) is 89.5 Å². The molecule has 0 unspecified atom stereocenters. The molecule has 0 atom stereocenters. The molecule has 0 spiro atoms. The first-order valence-electron chi connectivity index (χ1n) is 14.8. The minimum Gasteiger partial charge on any atom is -0.490 e. The van der Waals surface area contributed by atoms with Gasteiger partial charge in [-0.3, -0.25) is 0 Å². The van der Waals surface area contributed by atoms with E-state index in [1.807, 2.05) is 6.92 Å². The highest BCUT2D eigenvalue weighted by Gasteiger charge is 2.26. The van der Waals surface area contributed by atoms with E-state index in [0.717, 1.165) is 44.9 Å². The highest BCUT2D eigenvalue weighted by molar-refractivity contribution is 5.72. The van der Waals surface area contributed by atoms with Crippen molar-refractivity contribution in [2.75, 3.05) is 6.61 Å². The van der Waals surface area contributed by atoms with Crippen molar-refractivity contribution in [2.45, 2.75) is 84.0 Å². The smallest absolute Gasteiger partial charge is 0.201 e. The van der Waals surface area contributed by atoms with E-state index in [4.69, 9.17) is 4.74 Å². The van der Waals surface area contributed by atoms with Crippen molar-refractivity contribution in [3.8, 4) is 28.0 Å². The molecule has 1 aliphatic carbocycles. The van der Waals surface area contributed by atoms with Gasteiger partial charge in [0.15, 0.2) is 23.2 Å². The molecule has 0 saturated heterocycles. The Hall–Kier alpha value is -3.08. The summed E-state index contributed by atoms with van der Waals surface area (Å²) in [5.41, 5.74) is 1.60. The molecular formula is C35H40F4O. The average Bonchev–Trinajstić information content (AvgIpc) is 2.97. The molecule has 0 heterocycles. The van der Waals surface area contributed by atoms with E-state index in [1.54, 1.807) is 36.4 Å². The molecule has 0 N–H and O–H groups in total. The first-order chi connectivity index (χ1) is 19.4. The standard InChI is InChI=1S/C35H40F4O/c1-3-5-6-7-8-9-23-40-31-22-21-30(34(38)35(31)39)27-17-15-26(16-18-27)29-20-19-28(32(36)33(29)37)25-13-11-24(10-4-2)12-14-25/h4,10,15-22,24-25H,3,5-9,11-14,23H2,1-2H3. The molecule has 0 bridgehead atoms. The number of rotatable bonds is 12. The third kappa shape index (κ3) is 7.16. The van der Waals surface area contributed by atoms with Crippen LogP contribution in [-0.2, 0) is 0 Å². The maximum absolute atomic E-state index is 15.2. The SMILES string of the molecule is CC=CC1CCC(c2ccc(-c3ccc(-c4ccc(OCCCCCCCC)c(F)c4F)cc3)c(F)c2F)CC1. The van der Waals surface area contributed by atoms with Crippen LogP contribution in [0.4, 0.5) is 17.6 Å². The predicted molar refractivity (Wildman–Crippen MR) is 156 cm³/mol. The Bertz CT molecular complexity index is 1270. The molecule has 4 rings (SSSR count). The zero-order valence-corrected chi connectivity index (χ0v) is 23.6. The predicted octanol–water partition coefficient (Wildman–Crippen LogP) is 11.2. The molecule has 1 nitrogen and oxygen atoms in total. The summed E-state index contributed by atoms with van der Waals surface area (Å²) in [6.45, 7) is 4.51. The van der Waals surface area contributed by atoms with Crippen LogP contribution in [0.5, 0.6) is 5.75 Å². The minimum absolute atomic E-state index is 0.0167. The number of unbranched alkanes of at least 4 members (excludes halogenated alkanes) is 5. The molecule has 3 aromatic carbocycles. The molecule has 1 aliphatic rings. The summed E-state index contributed by atoms with van der Waals surface area (Å²) in [4.78, 5) is 0. The molecular weight excluding hydrogens is 512 g/mol. The number of benzene rings is 3. The summed E-state index contributed by atoms with van der Waals surface area (Å²) in [5.74, 6) is -3.23. The van der Waals surface area contributed by atoms with Crippen LogP contribution in [0, 0.1) is 29.2 Å². The van der Waals surface area contributed by atoms with Crippen molar-refractivity contribution in [2.24, 2.45) is 5.92 Å². The van der Waals surface area contributed by atoms with E-state index >= 15 is 8.78 Å². The van der Waals surface area contributed by atoms with Crippen LogP contribution in [-0.4, -0.2) is 6.61 Å². The number of ether oxygens (including phenoxy) is 1. The highest BCUT2D eigenvalue weighted by Crippen LogP contribution is 2.39. The molecule has 214 valence electrons. The van der Waals surface area contributed by atoms with Gasteiger partial charge in [0.05, 0.1) is 6.61 Å². The molecule has 40 heavy (non-hydrogen) atoms. The van der Waals surface area contributed by atoms with Gasteiger partial charge in [-0.2, -0.15) is 4.39 Å². The fourth-order valence-corrected chi connectivity index (χ4v) is 5.76.